The first-order chi connectivity index (χ1) is 12.9. The van der Waals surface area contributed by atoms with Gasteiger partial charge in [-0.1, -0.05) is 0 Å². The van der Waals surface area contributed by atoms with Crippen molar-refractivity contribution in [1.29, 1.82) is 0 Å². The molecule has 3 aromatic rings. The molecule has 0 unspecified atom stereocenters. The molecular weight excluding hydrogens is 346 g/mol. The predicted molar refractivity (Wildman–Crippen MR) is 101 cm³/mol. The summed E-state index contributed by atoms with van der Waals surface area (Å²) in [5.74, 6) is 1.69. The summed E-state index contributed by atoms with van der Waals surface area (Å²) in [5, 5.41) is 0. The van der Waals surface area contributed by atoms with Crippen molar-refractivity contribution < 1.29 is 9.21 Å². The number of aromatic nitrogens is 3. The van der Waals surface area contributed by atoms with E-state index in [0.29, 0.717) is 31.2 Å². The fourth-order valence-corrected chi connectivity index (χ4v) is 3.74. The number of carbonyl (C=O) groups is 1. The Morgan fingerprint density at radius 2 is 2.15 bits per heavy atom. The number of hydrogen-bond acceptors (Lipinski definition) is 5. The van der Waals surface area contributed by atoms with Gasteiger partial charge >= 0.3 is 0 Å². The Hall–Kier alpha value is -2.87. The molecule has 0 saturated carbocycles. The van der Waals surface area contributed by atoms with E-state index in [4.69, 9.17) is 10.2 Å². The Balaban J connectivity index is 1.77. The lowest BCUT2D eigenvalue weighted by Crippen LogP contribution is -2.30. The predicted octanol–water partition coefficient (Wildman–Crippen LogP) is 1.33. The van der Waals surface area contributed by atoms with Crippen molar-refractivity contribution in [3.63, 3.8) is 0 Å². The van der Waals surface area contributed by atoms with Crippen LogP contribution in [0.2, 0.25) is 0 Å². The second-order valence-corrected chi connectivity index (χ2v) is 7.20. The first-order valence-electron chi connectivity index (χ1n) is 9.04. The highest BCUT2D eigenvalue weighted by molar-refractivity contribution is 5.93. The van der Waals surface area contributed by atoms with Crippen LogP contribution in [0.4, 0.5) is 0 Å². The molecule has 1 aliphatic heterocycles. The molecule has 27 heavy (non-hydrogen) atoms. The van der Waals surface area contributed by atoms with Gasteiger partial charge in [0.05, 0.1) is 5.69 Å². The van der Waals surface area contributed by atoms with Crippen LogP contribution in [0.1, 0.15) is 28.4 Å². The van der Waals surface area contributed by atoms with Crippen molar-refractivity contribution in [1.82, 2.24) is 18.9 Å². The number of hydrogen-bond donors (Lipinski definition) is 1. The Labute approximate surface area is 156 Å². The number of furan rings is 1. The highest BCUT2D eigenvalue weighted by Gasteiger charge is 2.28. The molecule has 4 rings (SSSR count). The molecule has 0 radical (unpaired) electrons. The van der Waals surface area contributed by atoms with E-state index in [1.165, 1.54) is 4.57 Å². The molecule has 8 heteroatoms. The Morgan fingerprint density at radius 3 is 2.78 bits per heavy atom. The minimum absolute atomic E-state index is 0.159. The minimum Gasteiger partial charge on any atom is -0.466 e. The lowest BCUT2D eigenvalue weighted by atomic mass is 10.1. The van der Waals surface area contributed by atoms with Crippen molar-refractivity contribution in [2.45, 2.75) is 20.3 Å². The quantitative estimate of drug-likeness (QED) is 0.751. The first-order valence-corrected chi connectivity index (χ1v) is 9.04. The van der Waals surface area contributed by atoms with E-state index in [1.807, 2.05) is 26.1 Å². The van der Waals surface area contributed by atoms with Crippen LogP contribution in [-0.4, -0.2) is 44.4 Å². The lowest BCUT2D eigenvalue weighted by molar-refractivity contribution is 0.0782. The van der Waals surface area contributed by atoms with Gasteiger partial charge in [-0.2, -0.15) is 0 Å². The maximum Gasteiger partial charge on any atom is 0.294 e. The zero-order chi connectivity index (χ0) is 19.3. The van der Waals surface area contributed by atoms with Crippen molar-refractivity contribution in [2.24, 2.45) is 18.7 Å². The monoisotopic (exact) mass is 369 g/mol. The third-order valence-corrected chi connectivity index (χ3v) is 5.29. The van der Waals surface area contributed by atoms with Gasteiger partial charge in [0.15, 0.2) is 0 Å². The molecule has 0 aliphatic carbocycles. The molecule has 0 spiro atoms. The van der Waals surface area contributed by atoms with Crippen molar-refractivity contribution in [3.05, 3.63) is 46.0 Å². The van der Waals surface area contributed by atoms with Crippen LogP contribution in [0.15, 0.2) is 27.7 Å². The zero-order valence-electron chi connectivity index (χ0n) is 15.7. The number of nitrogens with two attached hydrogens (primary N) is 1. The Kier molecular flexibility index (Phi) is 4.15. The fraction of sp³-hybridized carbons (Fsp3) is 0.421. The molecule has 1 saturated heterocycles. The van der Waals surface area contributed by atoms with Crippen LogP contribution in [0, 0.1) is 19.8 Å². The van der Waals surface area contributed by atoms with Gasteiger partial charge in [0, 0.05) is 38.1 Å². The molecule has 0 bridgehead atoms. The highest BCUT2D eigenvalue weighted by atomic mass is 16.3. The maximum absolute atomic E-state index is 12.8. The topological polar surface area (TPSA) is 98.8 Å². The van der Waals surface area contributed by atoms with Gasteiger partial charge < -0.3 is 19.6 Å². The van der Waals surface area contributed by atoms with Gasteiger partial charge in [-0.05, 0) is 38.8 Å². The van der Waals surface area contributed by atoms with E-state index >= 15 is 0 Å². The van der Waals surface area contributed by atoms with Gasteiger partial charge in [0.2, 0.25) is 5.65 Å². The first kappa shape index (κ1) is 17.5. The molecular formula is C19H23N5O3. The molecule has 0 aromatic carbocycles. The Morgan fingerprint density at radius 1 is 1.37 bits per heavy atom. The minimum atomic E-state index is -0.258. The molecule has 4 heterocycles. The number of likely N-dealkylation sites (tertiary alicyclic amines) is 1. The second kappa shape index (κ2) is 6.38. The van der Waals surface area contributed by atoms with E-state index in [9.17, 15) is 9.59 Å². The van der Waals surface area contributed by atoms with E-state index in [0.717, 1.165) is 23.5 Å². The van der Waals surface area contributed by atoms with Crippen LogP contribution < -0.4 is 11.3 Å². The number of imidazole rings is 1. The number of rotatable bonds is 3. The van der Waals surface area contributed by atoms with E-state index in [-0.39, 0.29) is 22.8 Å². The van der Waals surface area contributed by atoms with Crippen molar-refractivity contribution >= 4 is 11.6 Å². The largest absolute Gasteiger partial charge is 0.466 e. The maximum atomic E-state index is 12.8. The normalized spacial score (nSPS) is 17.2. The summed E-state index contributed by atoms with van der Waals surface area (Å²) in [4.78, 5) is 31.6. The number of fused-ring (bicyclic) bond motifs is 1. The summed E-state index contributed by atoms with van der Waals surface area (Å²) >= 11 is 0. The standard InChI is InChI=1S/C19H23N5O3/c1-11-6-14(12(2)27-11)16-10-24-9-15(21-17(24)19(26)22(16)3)18(25)23-5-4-13(7-20)8-23/h6,9-10,13H,4-5,7-8,20H2,1-3H3/t13-/m1/s1. The number of amides is 1. The summed E-state index contributed by atoms with van der Waals surface area (Å²) in [7, 11) is 1.70. The van der Waals surface area contributed by atoms with Crippen LogP contribution in [0.25, 0.3) is 16.9 Å². The second-order valence-electron chi connectivity index (χ2n) is 7.20. The Bertz CT molecular complexity index is 1090. The SMILES string of the molecule is Cc1cc(-c2cn3cc(C(=O)N4CC[C@H](CN)C4)nc3c(=O)n2C)c(C)o1. The molecule has 8 nitrogen and oxygen atoms in total. The smallest absolute Gasteiger partial charge is 0.294 e. The highest BCUT2D eigenvalue weighted by Crippen LogP contribution is 2.26. The molecule has 1 fully saturated rings. The zero-order valence-corrected chi connectivity index (χ0v) is 15.7. The number of carbonyl (C=O) groups excluding carboxylic acids is 1. The third kappa shape index (κ3) is 2.86. The van der Waals surface area contributed by atoms with Crippen molar-refractivity contribution in [3.8, 4) is 11.3 Å². The van der Waals surface area contributed by atoms with Crippen LogP contribution in [0.5, 0.6) is 0 Å². The van der Waals surface area contributed by atoms with Gasteiger partial charge in [-0.15, -0.1) is 0 Å². The third-order valence-electron chi connectivity index (χ3n) is 5.29. The summed E-state index contributed by atoms with van der Waals surface area (Å²) in [6.07, 6.45) is 4.34. The van der Waals surface area contributed by atoms with E-state index < -0.39 is 0 Å². The molecule has 3 aromatic heterocycles. The number of nitrogens with zero attached hydrogens (tertiary/aromatic N) is 4. The van der Waals surface area contributed by atoms with Crippen LogP contribution >= 0.6 is 0 Å². The van der Waals surface area contributed by atoms with E-state index in [1.54, 1.807) is 22.5 Å². The fourth-order valence-electron chi connectivity index (χ4n) is 3.74. The molecule has 1 aliphatic rings. The summed E-state index contributed by atoms with van der Waals surface area (Å²) < 4.78 is 8.76. The molecule has 1 atom stereocenters. The van der Waals surface area contributed by atoms with Gasteiger partial charge in [-0.25, -0.2) is 4.98 Å². The van der Waals surface area contributed by atoms with Gasteiger partial charge in [0.25, 0.3) is 11.5 Å². The molecule has 1 amide bonds. The lowest BCUT2D eigenvalue weighted by Gasteiger charge is -2.14. The van der Waals surface area contributed by atoms with Crippen LogP contribution in [-0.2, 0) is 7.05 Å². The van der Waals surface area contributed by atoms with Crippen molar-refractivity contribution in [2.75, 3.05) is 19.6 Å². The summed E-state index contributed by atoms with van der Waals surface area (Å²) in [5.41, 5.74) is 7.52. The molecule has 142 valence electrons. The van der Waals surface area contributed by atoms with Crippen LogP contribution in [0.3, 0.4) is 0 Å². The average Bonchev–Trinajstić information content (AvgIpc) is 3.35. The van der Waals surface area contributed by atoms with Gasteiger partial charge in [0.1, 0.15) is 17.2 Å². The van der Waals surface area contributed by atoms with Gasteiger partial charge in [-0.3, -0.25) is 14.0 Å². The summed E-state index contributed by atoms with van der Waals surface area (Å²) in [6, 6.07) is 1.90. The average molecular weight is 369 g/mol. The van der Waals surface area contributed by atoms with E-state index in [2.05, 4.69) is 4.98 Å². The molecule has 2 N–H and O–H groups in total. The summed E-state index contributed by atoms with van der Waals surface area (Å²) in [6.45, 7) is 5.61. The number of aryl methyl sites for hydroxylation is 2.